The number of amides is 1. The number of aryl methyl sites for hydroxylation is 1. The number of nitrogens with one attached hydrogen (secondary N) is 1. The minimum absolute atomic E-state index is 0.158. The molecule has 0 saturated heterocycles. The highest BCUT2D eigenvalue weighted by Crippen LogP contribution is 2.08. The van der Waals surface area contributed by atoms with Crippen molar-refractivity contribution < 1.29 is 4.79 Å². The van der Waals surface area contributed by atoms with Crippen LogP contribution in [0.1, 0.15) is 50.7 Å². The van der Waals surface area contributed by atoms with Gasteiger partial charge in [0.05, 0.1) is 0 Å². The number of carbonyl (C=O) groups is 1. The van der Waals surface area contributed by atoms with Crippen LogP contribution in [0.15, 0.2) is 18.5 Å². The summed E-state index contributed by atoms with van der Waals surface area (Å²) >= 11 is 0. The van der Waals surface area contributed by atoms with Crippen molar-refractivity contribution in [3.8, 4) is 0 Å². The zero-order valence-corrected chi connectivity index (χ0v) is 13.7. The van der Waals surface area contributed by atoms with Crippen LogP contribution < -0.4 is 5.32 Å². The average molecular weight is 291 g/mol. The van der Waals surface area contributed by atoms with E-state index in [0.29, 0.717) is 6.42 Å². The molecule has 0 bridgehead atoms. The lowest BCUT2D eigenvalue weighted by Gasteiger charge is -2.15. The van der Waals surface area contributed by atoms with Crippen molar-refractivity contribution in [2.24, 2.45) is 0 Å². The number of carbonyl (C=O) groups excluding carboxylic acids is 1. The first-order valence-electron chi connectivity index (χ1n) is 8.03. The van der Waals surface area contributed by atoms with Crippen LogP contribution in [-0.2, 0) is 17.8 Å². The Morgan fingerprint density at radius 3 is 2.71 bits per heavy atom. The molecule has 1 heterocycles. The van der Waals surface area contributed by atoms with Gasteiger partial charge in [0.2, 0.25) is 5.91 Å². The fraction of sp³-hybridized carbons (Fsp3) is 0.647. The number of hydrogen-bond donors (Lipinski definition) is 1. The molecule has 4 nitrogen and oxygen atoms in total. The number of aromatic nitrogens is 1. The lowest BCUT2D eigenvalue weighted by Crippen LogP contribution is -2.24. The van der Waals surface area contributed by atoms with Gasteiger partial charge in [-0.05, 0) is 50.4 Å². The van der Waals surface area contributed by atoms with Crippen LogP contribution in [0.4, 0.5) is 0 Å². The zero-order chi connectivity index (χ0) is 15.5. The van der Waals surface area contributed by atoms with E-state index < -0.39 is 0 Å². The van der Waals surface area contributed by atoms with Gasteiger partial charge in [0, 0.05) is 31.9 Å². The Labute approximate surface area is 129 Å². The third kappa shape index (κ3) is 7.81. The highest BCUT2D eigenvalue weighted by Gasteiger charge is 2.02. The van der Waals surface area contributed by atoms with Gasteiger partial charge in [0.25, 0.3) is 0 Å². The lowest BCUT2D eigenvalue weighted by atomic mass is 10.1. The van der Waals surface area contributed by atoms with Crippen molar-refractivity contribution in [2.45, 2.75) is 52.5 Å². The first-order valence-corrected chi connectivity index (χ1v) is 8.03. The number of nitrogens with zero attached hydrogens (tertiary/aromatic N) is 2. The minimum atomic E-state index is 0.158. The van der Waals surface area contributed by atoms with E-state index in [1.54, 1.807) is 0 Å². The molecule has 0 unspecified atom stereocenters. The average Bonchev–Trinajstić information content (AvgIpc) is 2.44. The molecule has 1 N–H and O–H groups in total. The van der Waals surface area contributed by atoms with Crippen LogP contribution in [0.3, 0.4) is 0 Å². The van der Waals surface area contributed by atoms with Crippen molar-refractivity contribution in [2.75, 3.05) is 20.1 Å². The van der Waals surface area contributed by atoms with Crippen LogP contribution in [0.5, 0.6) is 0 Å². The van der Waals surface area contributed by atoms with E-state index in [2.05, 4.69) is 35.2 Å². The zero-order valence-electron chi connectivity index (χ0n) is 13.7. The van der Waals surface area contributed by atoms with Crippen LogP contribution in [0.2, 0.25) is 0 Å². The van der Waals surface area contributed by atoms with E-state index in [0.717, 1.165) is 38.9 Å². The minimum Gasteiger partial charge on any atom is -0.356 e. The molecule has 1 amide bonds. The molecule has 118 valence electrons. The van der Waals surface area contributed by atoms with E-state index in [4.69, 9.17) is 0 Å². The Balaban J connectivity index is 2.33. The normalized spacial score (nSPS) is 10.9. The fourth-order valence-electron chi connectivity index (χ4n) is 2.37. The van der Waals surface area contributed by atoms with Gasteiger partial charge in [-0.3, -0.25) is 9.78 Å². The van der Waals surface area contributed by atoms with E-state index in [-0.39, 0.29) is 5.91 Å². The molecular formula is C17H29N3O. The molecule has 21 heavy (non-hydrogen) atoms. The molecule has 0 saturated carbocycles. The molecule has 0 aliphatic heterocycles. The highest BCUT2D eigenvalue weighted by molar-refractivity contribution is 5.75. The maximum atomic E-state index is 11.4. The summed E-state index contributed by atoms with van der Waals surface area (Å²) in [6, 6.07) is 2.23. The summed E-state index contributed by atoms with van der Waals surface area (Å²) in [6.45, 7) is 7.01. The molecule has 0 atom stereocenters. The van der Waals surface area contributed by atoms with Crippen molar-refractivity contribution in [3.63, 3.8) is 0 Å². The molecule has 1 aromatic rings. The Kier molecular flexibility index (Phi) is 8.67. The first-order chi connectivity index (χ1) is 10.2. The van der Waals surface area contributed by atoms with Gasteiger partial charge >= 0.3 is 0 Å². The molecule has 1 aromatic heterocycles. The predicted molar refractivity (Wildman–Crippen MR) is 87.1 cm³/mol. The molecule has 4 heteroatoms. The van der Waals surface area contributed by atoms with Crippen LogP contribution >= 0.6 is 0 Å². The second kappa shape index (κ2) is 10.3. The first kappa shape index (κ1) is 17.6. The second-order valence-corrected chi connectivity index (χ2v) is 5.64. The number of pyridine rings is 1. The molecule has 0 fully saturated rings. The quantitative estimate of drug-likeness (QED) is 0.674. The van der Waals surface area contributed by atoms with Crippen LogP contribution in [0, 0.1) is 0 Å². The van der Waals surface area contributed by atoms with Crippen LogP contribution in [0.25, 0.3) is 0 Å². The highest BCUT2D eigenvalue weighted by atomic mass is 16.1. The maximum Gasteiger partial charge on any atom is 0.219 e. The van der Waals surface area contributed by atoms with E-state index in [9.17, 15) is 4.79 Å². The monoisotopic (exact) mass is 291 g/mol. The van der Waals surface area contributed by atoms with Crippen molar-refractivity contribution in [1.29, 1.82) is 0 Å². The molecule has 0 radical (unpaired) electrons. The van der Waals surface area contributed by atoms with Gasteiger partial charge in [-0.25, -0.2) is 0 Å². The summed E-state index contributed by atoms with van der Waals surface area (Å²) in [4.78, 5) is 18.0. The third-order valence-electron chi connectivity index (χ3n) is 3.35. The summed E-state index contributed by atoms with van der Waals surface area (Å²) in [7, 11) is 2.14. The smallest absolute Gasteiger partial charge is 0.219 e. The Hall–Kier alpha value is -1.42. The molecular weight excluding hydrogens is 262 g/mol. The van der Waals surface area contributed by atoms with Gasteiger partial charge in [-0.1, -0.05) is 19.9 Å². The Morgan fingerprint density at radius 2 is 2.00 bits per heavy atom. The number of rotatable bonds is 10. The van der Waals surface area contributed by atoms with Crippen molar-refractivity contribution >= 4 is 5.91 Å². The SMILES string of the molecule is CCCC(=O)NCCCc1cncc(CN(C)CCC)c1. The third-order valence-corrected chi connectivity index (χ3v) is 3.35. The van der Waals surface area contributed by atoms with E-state index in [1.807, 2.05) is 19.3 Å². The van der Waals surface area contributed by atoms with Crippen molar-refractivity contribution in [1.82, 2.24) is 15.2 Å². The Bertz CT molecular complexity index is 420. The number of hydrogen-bond acceptors (Lipinski definition) is 3. The van der Waals surface area contributed by atoms with Gasteiger partial charge in [-0.2, -0.15) is 0 Å². The van der Waals surface area contributed by atoms with Gasteiger partial charge in [-0.15, -0.1) is 0 Å². The summed E-state index contributed by atoms with van der Waals surface area (Å²) in [5.41, 5.74) is 2.51. The van der Waals surface area contributed by atoms with E-state index >= 15 is 0 Å². The van der Waals surface area contributed by atoms with Gasteiger partial charge in [0.15, 0.2) is 0 Å². The molecule has 0 spiro atoms. The molecule has 0 aliphatic carbocycles. The summed E-state index contributed by atoms with van der Waals surface area (Å²) in [5.74, 6) is 0.158. The molecule has 0 aromatic carbocycles. The summed E-state index contributed by atoms with van der Waals surface area (Å²) in [6.07, 6.45) is 8.50. The predicted octanol–water partition coefficient (Wildman–Crippen LogP) is 2.77. The summed E-state index contributed by atoms with van der Waals surface area (Å²) < 4.78 is 0. The second-order valence-electron chi connectivity index (χ2n) is 5.64. The summed E-state index contributed by atoms with van der Waals surface area (Å²) in [5, 5.41) is 2.95. The molecule has 0 aliphatic rings. The van der Waals surface area contributed by atoms with Crippen LogP contribution in [-0.4, -0.2) is 35.9 Å². The maximum absolute atomic E-state index is 11.4. The van der Waals surface area contributed by atoms with Crippen molar-refractivity contribution in [3.05, 3.63) is 29.6 Å². The van der Waals surface area contributed by atoms with E-state index in [1.165, 1.54) is 17.5 Å². The Morgan fingerprint density at radius 1 is 1.24 bits per heavy atom. The molecule has 1 rings (SSSR count). The fourth-order valence-corrected chi connectivity index (χ4v) is 2.37. The van der Waals surface area contributed by atoms with Gasteiger partial charge < -0.3 is 10.2 Å². The van der Waals surface area contributed by atoms with Gasteiger partial charge in [0.1, 0.15) is 0 Å². The largest absolute Gasteiger partial charge is 0.356 e. The standard InChI is InChI=1S/C17H29N3O/c1-4-7-17(21)19-9-6-8-15-11-16(13-18-12-15)14-20(3)10-5-2/h11-13H,4-10,14H2,1-3H3,(H,19,21). The lowest BCUT2D eigenvalue weighted by molar-refractivity contribution is -0.121. The topological polar surface area (TPSA) is 45.2 Å².